The largest absolute Gasteiger partial charge is 0.453 e. The maximum Gasteiger partial charge on any atom is 0.409 e. The molecule has 0 radical (unpaired) electrons. The van der Waals surface area contributed by atoms with Crippen LogP contribution in [0.1, 0.15) is 146 Å². The lowest BCUT2D eigenvalue weighted by molar-refractivity contribution is -0.149. The number of hydrogen-bond acceptors (Lipinski definition) is 11. The molecule has 72 heavy (non-hydrogen) atoms. The van der Waals surface area contributed by atoms with Crippen molar-refractivity contribution >= 4 is 46.6 Å². The fourth-order valence-electron chi connectivity index (χ4n) is 9.67. The molecule has 1 aliphatic rings. The standard InChI is InChI=1S/C53H77N3O7S.C5H11NO2/c1-12-36(6)50(55(9)53(61)42(35(4)5)31-47(59)37(7)34(2)3)48(62-10)32-49(60)56-28-20-26-44(56)51(63-11)38(8)46(58)30-41(29-40-23-17-14-18-24-40)52-54-43(33-64-52)45(57)27-19-25-39-21-15-13-16-22-39;1-4-6(2)5(7)8-3/h13-18,21-24,33-38,41-42,44,48,50-51H,12,19-20,25-32H2,1-11H3;4H2,1-3H3/t36-,37-,38-,41+,42-,44-,48+,50?,51+;/m0./s1. The lowest BCUT2D eigenvalue weighted by Gasteiger charge is -2.41. The highest BCUT2D eigenvalue weighted by molar-refractivity contribution is 7.10. The van der Waals surface area contributed by atoms with Crippen LogP contribution in [0.4, 0.5) is 4.79 Å². The number of ketones is 3. The van der Waals surface area contributed by atoms with Gasteiger partial charge in [-0.05, 0) is 67.9 Å². The third-order valence-corrected chi connectivity index (χ3v) is 16.0. The Morgan fingerprint density at radius 3 is 1.92 bits per heavy atom. The van der Waals surface area contributed by atoms with E-state index in [1.54, 1.807) is 33.2 Å². The molecule has 0 saturated carbocycles. The van der Waals surface area contributed by atoms with E-state index in [0.29, 0.717) is 38.0 Å². The number of methoxy groups -OCH3 is 3. The van der Waals surface area contributed by atoms with Gasteiger partial charge in [0.2, 0.25) is 11.8 Å². The number of thiazole rings is 1. The Balaban J connectivity index is 0.00000157. The lowest BCUT2D eigenvalue weighted by atomic mass is 9.82. The van der Waals surface area contributed by atoms with E-state index in [-0.39, 0.29) is 90.2 Å². The molecule has 3 aromatic rings. The monoisotopic (exact) mass is 1020 g/mol. The zero-order valence-electron chi connectivity index (χ0n) is 46.1. The molecule has 1 aromatic heterocycles. The third kappa shape index (κ3) is 18.0. The van der Waals surface area contributed by atoms with Crippen molar-refractivity contribution in [2.24, 2.45) is 35.5 Å². The lowest BCUT2D eigenvalue weighted by Crippen LogP contribution is -2.54. The van der Waals surface area contributed by atoms with E-state index in [1.807, 2.05) is 95.1 Å². The van der Waals surface area contributed by atoms with Gasteiger partial charge < -0.3 is 28.9 Å². The molecule has 4 rings (SSSR count). The molecule has 0 aliphatic carbocycles. The van der Waals surface area contributed by atoms with Crippen LogP contribution in [0.5, 0.6) is 0 Å². The molecule has 0 N–H and O–H groups in total. The molecule has 1 saturated heterocycles. The van der Waals surface area contributed by atoms with Crippen LogP contribution in [-0.4, -0.2) is 128 Å². The van der Waals surface area contributed by atoms with E-state index in [0.717, 1.165) is 36.3 Å². The van der Waals surface area contributed by atoms with E-state index in [4.69, 9.17) is 14.5 Å². The Labute approximate surface area is 436 Å². The second-order valence-corrected chi connectivity index (χ2v) is 21.4. The highest BCUT2D eigenvalue weighted by atomic mass is 32.1. The van der Waals surface area contributed by atoms with Gasteiger partial charge in [-0.1, -0.05) is 122 Å². The Morgan fingerprint density at radius 1 is 0.778 bits per heavy atom. The van der Waals surface area contributed by atoms with E-state index in [2.05, 4.69) is 42.8 Å². The number of hydrogen-bond donors (Lipinski definition) is 0. The predicted octanol–water partition coefficient (Wildman–Crippen LogP) is 10.8. The zero-order chi connectivity index (χ0) is 53.7. The van der Waals surface area contributed by atoms with Gasteiger partial charge in [0, 0.05) is 89.7 Å². The smallest absolute Gasteiger partial charge is 0.409 e. The topological polar surface area (TPSA) is 153 Å². The fraction of sp³-hybridized carbons (Fsp3) is 0.638. The number of benzene rings is 2. The Morgan fingerprint density at radius 2 is 1.39 bits per heavy atom. The van der Waals surface area contributed by atoms with Crippen LogP contribution in [-0.2, 0) is 46.2 Å². The van der Waals surface area contributed by atoms with Crippen LogP contribution < -0.4 is 0 Å². The molecule has 14 heteroatoms. The summed E-state index contributed by atoms with van der Waals surface area (Å²) in [6.07, 6.45) is 3.84. The van der Waals surface area contributed by atoms with E-state index >= 15 is 0 Å². The van der Waals surface area contributed by atoms with Gasteiger partial charge in [0.05, 0.1) is 42.8 Å². The maximum absolute atomic E-state index is 14.5. The molecule has 1 aliphatic heterocycles. The minimum Gasteiger partial charge on any atom is -0.453 e. The zero-order valence-corrected chi connectivity index (χ0v) is 46.9. The summed E-state index contributed by atoms with van der Waals surface area (Å²) in [5.41, 5.74) is 2.74. The average molecular weight is 1020 g/mol. The molecule has 2 aromatic carbocycles. The Kier molecular flexibility index (Phi) is 26.5. The number of rotatable bonds is 28. The van der Waals surface area contributed by atoms with E-state index in [1.165, 1.54) is 28.9 Å². The van der Waals surface area contributed by atoms with Gasteiger partial charge in [0.1, 0.15) is 17.3 Å². The number of Topliss-reactive ketones (excluding diaryl/α,β-unsaturated/α-hetero) is 3. The van der Waals surface area contributed by atoms with Crippen LogP contribution in [0.2, 0.25) is 0 Å². The number of carbonyl (C=O) groups excluding carboxylic acids is 6. The summed E-state index contributed by atoms with van der Waals surface area (Å²) in [5, 5.41) is 2.60. The van der Waals surface area contributed by atoms with Gasteiger partial charge >= 0.3 is 6.09 Å². The van der Waals surface area contributed by atoms with E-state index < -0.39 is 30.1 Å². The predicted molar refractivity (Wildman–Crippen MR) is 287 cm³/mol. The molecule has 3 amide bonds. The molecule has 0 bridgehead atoms. The Hall–Kier alpha value is -4.79. The van der Waals surface area contributed by atoms with Crippen molar-refractivity contribution in [1.29, 1.82) is 0 Å². The Bertz CT molecular complexity index is 2130. The fourth-order valence-corrected chi connectivity index (χ4v) is 10.6. The molecule has 1 unspecified atom stereocenters. The molecule has 400 valence electrons. The normalized spacial score (nSPS) is 16.9. The second-order valence-electron chi connectivity index (χ2n) is 20.5. The van der Waals surface area contributed by atoms with Gasteiger partial charge in [-0.15, -0.1) is 11.3 Å². The van der Waals surface area contributed by atoms with Gasteiger partial charge in [-0.25, -0.2) is 9.78 Å². The number of aromatic nitrogens is 1. The first-order chi connectivity index (χ1) is 34.2. The molecule has 9 atom stereocenters. The summed E-state index contributed by atoms with van der Waals surface area (Å²) in [7, 11) is 8.05. The molecular weight excluding hydrogens is 929 g/mol. The molecule has 1 fully saturated rings. The molecule has 2 heterocycles. The average Bonchev–Trinajstić information content (AvgIpc) is 4.09. The summed E-state index contributed by atoms with van der Waals surface area (Å²) in [4.78, 5) is 90.1. The summed E-state index contributed by atoms with van der Waals surface area (Å²) in [5.74, 6) is -1.31. The maximum atomic E-state index is 14.5. The third-order valence-electron chi connectivity index (χ3n) is 15.0. The van der Waals surface area contributed by atoms with Crippen molar-refractivity contribution in [3.8, 4) is 0 Å². The first-order valence-electron chi connectivity index (χ1n) is 26.3. The van der Waals surface area contributed by atoms with Crippen molar-refractivity contribution in [3.05, 3.63) is 87.9 Å². The number of likely N-dealkylation sites (tertiary alicyclic amines) is 1. The van der Waals surface area contributed by atoms with Crippen molar-refractivity contribution in [3.63, 3.8) is 0 Å². The highest BCUT2D eigenvalue weighted by Gasteiger charge is 2.43. The minimum atomic E-state index is -0.589. The van der Waals surface area contributed by atoms with Crippen LogP contribution in [0.25, 0.3) is 0 Å². The SMILES string of the molecule is CCN(C)C(=O)OC.CC[C@H](C)C([C@@H](CC(=O)N1CCC[C@H]1[C@H](OC)[C@@H](C)C(=O)C[C@@H](Cc1ccccc1)c1nc(C(=O)CCCc2ccccc2)cs1)OC)N(C)C(=O)[C@@H](CC(=O)[C@@H](C)C(C)C)C(C)C. The van der Waals surface area contributed by atoms with Gasteiger partial charge in [0.15, 0.2) is 5.78 Å². The summed E-state index contributed by atoms with van der Waals surface area (Å²) >= 11 is 1.44. The van der Waals surface area contributed by atoms with Gasteiger partial charge in [-0.3, -0.25) is 24.0 Å². The number of nitrogens with zero attached hydrogens (tertiary/aromatic N) is 4. The number of amides is 3. The summed E-state index contributed by atoms with van der Waals surface area (Å²) in [6.45, 7) is 19.1. The number of likely N-dealkylation sites (N-methyl/N-ethyl adjacent to an activating group) is 1. The van der Waals surface area contributed by atoms with Crippen molar-refractivity contribution in [1.82, 2.24) is 19.7 Å². The quantitative estimate of drug-likeness (QED) is 0.0643. The van der Waals surface area contributed by atoms with Crippen molar-refractivity contribution in [2.45, 2.75) is 157 Å². The van der Waals surface area contributed by atoms with Crippen LogP contribution >= 0.6 is 11.3 Å². The summed E-state index contributed by atoms with van der Waals surface area (Å²) in [6, 6.07) is 19.5. The molecular formula is C58H88N4O9S. The van der Waals surface area contributed by atoms with Crippen molar-refractivity contribution in [2.75, 3.05) is 48.5 Å². The molecule has 13 nitrogen and oxygen atoms in total. The number of aryl methyl sites for hydroxylation is 1. The second kappa shape index (κ2) is 31.1. The summed E-state index contributed by atoms with van der Waals surface area (Å²) < 4.78 is 16.6. The highest BCUT2D eigenvalue weighted by Crippen LogP contribution is 2.34. The minimum absolute atomic E-state index is 0.00876. The van der Waals surface area contributed by atoms with E-state index in [9.17, 15) is 28.8 Å². The van der Waals surface area contributed by atoms with Crippen molar-refractivity contribution < 1.29 is 43.0 Å². The van der Waals surface area contributed by atoms with Crippen LogP contribution in [0.3, 0.4) is 0 Å². The molecule has 0 spiro atoms. The first kappa shape index (κ1) is 61.5. The number of ether oxygens (including phenoxy) is 3. The van der Waals surface area contributed by atoms with Gasteiger partial charge in [-0.2, -0.15) is 0 Å². The van der Waals surface area contributed by atoms with Gasteiger partial charge in [0.25, 0.3) is 0 Å². The van der Waals surface area contributed by atoms with Crippen LogP contribution in [0, 0.1) is 35.5 Å². The number of carbonyl (C=O) groups is 6. The first-order valence-corrected chi connectivity index (χ1v) is 27.1. The van der Waals surface area contributed by atoms with Crippen LogP contribution in [0.15, 0.2) is 66.0 Å².